The lowest BCUT2D eigenvalue weighted by Crippen LogP contribution is -2.17. The zero-order valence-corrected chi connectivity index (χ0v) is 11.7. The first-order chi connectivity index (χ1) is 9.40. The van der Waals surface area contributed by atoms with E-state index in [9.17, 15) is 13.2 Å². The van der Waals surface area contributed by atoms with Gasteiger partial charge < -0.3 is 5.73 Å². The molecule has 0 amide bonds. The summed E-state index contributed by atoms with van der Waals surface area (Å²) < 4.78 is 40.1. The topological polar surface area (TPSA) is 26.0 Å². The van der Waals surface area contributed by atoms with Crippen molar-refractivity contribution in [2.45, 2.75) is 12.5 Å². The van der Waals surface area contributed by atoms with Gasteiger partial charge in [-0.25, -0.2) is 13.2 Å². The van der Waals surface area contributed by atoms with E-state index >= 15 is 0 Å². The maximum absolute atomic E-state index is 13.6. The van der Waals surface area contributed by atoms with E-state index in [2.05, 4.69) is 0 Å². The summed E-state index contributed by atoms with van der Waals surface area (Å²) in [5, 5.41) is 0.715. The van der Waals surface area contributed by atoms with Crippen molar-refractivity contribution in [1.82, 2.24) is 0 Å². The Morgan fingerprint density at radius 2 is 1.50 bits per heavy atom. The molecule has 2 rings (SSSR count). The molecule has 0 fully saturated rings. The zero-order chi connectivity index (χ0) is 14.9. The molecule has 0 heterocycles. The second kappa shape index (κ2) is 6.04. The van der Waals surface area contributed by atoms with Gasteiger partial charge in [0.15, 0.2) is 0 Å². The van der Waals surface area contributed by atoms with Gasteiger partial charge in [-0.05, 0) is 24.1 Å². The smallest absolute Gasteiger partial charge is 0.133 e. The molecule has 0 aliphatic heterocycles. The molecule has 106 valence electrons. The van der Waals surface area contributed by atoms with Crippen molar-refractivity contribution in [3.8, 4) is 0 Å². The Balaban J connectivity index is 2.36. The van der Waals surface area contributed by atoms with Crippen molar-refractivity contribution in [2.75, 3.05) is 0 Å². The SMILES string of the molecule is NC(Cc1c(Cl)cccc1Cl)c1c(F)cc(F)cc1F. The van der Waals surface area contributed by atoms with Gasteiger partial charge in [-0.2, -0.15) is 0 Å². The Kier molecular flexibility index (Phi) is 4.58. The van der Waals surface area contributed by atoms with Crippen LogP contribution in [0.3, 0.4) is 0 Å². The molecular formula is C14H10Cl2F3N. The van der Waals surface area contributed by atoms with Crippen LogP contribution in [0.5, 0.6) is 0 Å². The highest BCUT2D eigenvalue weighted by molar-refractivity contribution is 6.36. The first kappa shape index (κ1) is 15.2. The molecule has 2 aromatic rings. The fourth-order valence-corrected chi connectivity index (χ4v) is 2.51. The van der Waals surface area contributed by atoms with E-state index in [0.717, 1.165) is 0 Å². The molecule has 0 bridgehead atoms. The Hall–Kier alpha value is -1.23. The van der Waals surface area contributed by atoms with Crippen LogP contribution >= 0.6 is 23.2 Å². The largest absolute Gasteiger partial charge is 0.323 e. The standard InChI is InChI=1S/C14H10Cl2F3N/c15-9-2-1-3-10(16)8(9)6-13(20)14-11(18)4-7(17)5-12(14)19/h1-5,13H,6,20H2. The van der Waals surface area contributed by atoms with E-state index in [0.29, 0.717) is 27.7 Å². The van der Waals surface area contributed by atoms with Gasteiger partial charge in [-0.15, -0.1) is 0 Å². The highest BCUT2D eigenvalue weighted by Crippen LogP contribution is 2.30. The molecule has 2 aromatic carbocycles. The Bertz CT molecular complexity index is 603. The molecule has 0 spiro atoms. The Labute approximate surface area is 124 Å². The highest BCUT2D eigenvalue weighted by atomic mass is 35.5. The van der Waals surface area contributed by atoms with Crippen molar-refractivity contribution in [1.29, 1.82) is 0 Å². The van der Waals surface area contributed by atoms with Gasteiger partial charge in [-0.3, -0.25) is 0 Å². The normalized spacial score (nSPS) is 12.5. The molecule has 6 heteroatoms. The fraction of sp³-hybridized carbons (Fsp3) is 0.143. The van der Waals surface area contributed by atoms with Crippen LogP contribution in [-0.4, -0.2) is 0 Å². The van der Waals surface area contributed by atoms with Crippen LogP contribution in [0.4, 0.5) is 13.2 Å². The average Bonchev–Trinajstić information content (AvgIpc) is 2.32. The predicted octanol–water partition coefficient (Wildman–Crippen LogP) is 4.65. The summed E-state index contributed by atoms with van der Waals surface area (Å²) in [5.74, 6) is -3.05. The third kappa shape index (κ3) is 3.08. The lowest BCUT2D eigenvalue weighted by atomic mass is 9.98. The van der Waals surface area contributed by atoms with Crippen LogP contribution in [0.2, 0.25) is 10.0 Å². The zero-order valence-electron chi connectivity index (χ0n) is 10.1. The quantitative estimate of drug-likeness (QED) is 0.875. The minimum absolute atomic E-state index is 0.0397. The minimum Gasteiger partial charge on any atom is -0.323 e. The van der Waals surface area contributed by atoms with Crippen LogP contribution in [0.25, 0.3) is 0 Å². The van der Waals surface area contributed by atoms with Gasteiger partial charge in [0.05, 0.1) is 0 Å². The second-order valence-electron chi connectivity index (χ2n) is 4.29. The lowest BCUT2D eigenvalue weighted by molar-refractivity contribution is 0.501. The molecule has 0 aliphatic carbocycles. The predicted molar refractivity (Wildman–Crippen MR) is 73.4 cm³/mol. The number of nitrogens with two attached hydrogens (primary N) is 1. The molecule has 1 atom stereocenters. The minimum atomic E-state index is -1.03. The van der Waals surface area contributed by atoms with Crippen molar-refractivity contribution < 1.29 is 13.2 Å². The highest BCUT2D eigenvalue weighted by Gasteiger charge is 2.20. The Morgan fingerprint density at radius 1 is 1.00 bits per heavy atom. The Morgan fingerprint density at radius 3 is 2.00 bits per heavy atom. The van der Waals surface area contributed by atoms with E-state index in [1.165, 1.54) is 0 Å². The van der Waals surface area contributed by atoms with Gasteiger partial charge in [0.2, 0.25) is 0 Å². The molecule has 0 radical (unpaired) electrons. The van der Waals surface area contributed by atoms with Crippen LogP contribution < -0.4 is 5.73 Å². The van der Waals surface area contributed by atoms with Crippen molar-refractivity contribution >= 4 is 23.2 Å². The molecule has 1 unspecified atom stereocenters. The summed E-state index contributed by atoms with van der Waals surface area (Å²) >= 11 is 12.0. The van der Waals surface area contributed by atoms with E-state index in [-0.39, 0.29) is 12.0 Å². The van der Waals surface area contributed by atoms with Gasteiger partial charge in [0.1, 0.15) is 17.5 Å². The summed E-state index contributed by atoms with van der Waals surface area (Å²) in [5.41, 5.74) is 5.90. The molecule has 0 aromatic heterocycles. The molecule has 0 saturated carbocycles. The maximum atomic E-state index is 13.6. The summed E-state index contributed by atoms with van der Waals surface area (Å²) in [4.78, 5) is 0. The first-order valence-corrected chi connectivity index (χ1v) is 6.48. The number of hydrogen-bond acceptors (Lipinski definition) is 1. The number of halogens is 5. The first-order valence-electron chi connectivity index (χ1n) is 5.73. The summed E-state index contributed by atoms with van der Waals surface area (Å²) in [6, 6.07) is 5.02. The summed E-state index contributed by atoms with van der Waals surface area (Å²) in [6.45, 7) is 0. The second-order valence-corrected chi connectivity index (χ2v) is 5.11. The van der Waals surface area contributed by atoms with Gasteiger partial charge in [-0.1, -0.05) is 29.3 Å². The third-order valence-corrected chi connectivity index (χ3v) is 3.61. The summed E-state index contributed by atoms with van der Waals surface area (Å²) in [7, 11) is 0. The van der Waals surface area contributed by atoms with Crippen molar-refractivity contribution in [3.05, 3.63) is 69.0 Å². The lowest BCUT2D eigenvalue weighted by Gasteiger charge is -2.16. The molecule has 0 saturated heterocycles. The fourth-order valence-electron chi connectivity index (χ4n) is 1.96. The number of rotatable bonds is 3. The van der Waals surface area contributed by atoms with Crippen LogP contribution in [0, 0.1) is 17.5 Å². The summed E-state index contributed by atoms with van der Waals surface area (Å²) in [6.07, 6.45) is 0.0397. The maximum Gasteiger partial charge on any atom is 0.133 e. The molecule has 2 N–H and O–H groups in total. The number of benzene rings is 2. The molecule has 0 aliphatic rings. The van der Waals surface area contributed by atoms with Gasteiger partial charge >= 0.3 is 0 Å². The molecule has 1 nitrogen and oxygen atoms in total. The average molecular weight is 320 g/mol. The van der Waals surface area contributed by atoms with E-state index in [4.69, 9.17) is 28.9 Å². The van der Waals surface area contributed by atoms with E-state index in [1.807, 2.05) is 0 Å². The van der Waals surface area contributed by atoms with E-state index in [1.54, 1.807) is 18.2 Å². The van der Waals surface area contributed by atoms with Gasteiger partial charge in [0.25, 0.3) is 0 Å². The van der Waals surface area contributed by atoms with Crippen LogP contribution in [0.1, 0.15) is 17.2 Å². The molecular weight excluding hydrogens is 310 g/mol. The third-order valence-electron chi connectivity index (χ3n) is 2.90. The van der Waals surface area contributed by atoms with Crippen LogP contribution in [-0.2, 0) is 6.42 Å². The number of hydrogen-bond donors (Lipinski definition) is 1. The van der Waals surface area contributed by atoms with E-state index < -0.39 is 23.5 Å². The monoisotopic (exact) mass is 319 g/mol. The van der Waals surface area contributed by atoms with Crippen molar-refractivity contribution in [2.24, 2.45) is 5.73 Å². The molecule has 20 heavy (non-hydrogen) atoms. The van der Waals surface area contributed by atoms with Crippen molar-refractivity contribution in [3.63, 3.8) is 0 Å². The van der Waals surface area contributed by atoms with Crippen LogP contribution in [0.15, 0.2) is 30.3 Å². The van der Waals surface area contributed by atoms with Gasteiger partial charge in [0, 0.05) is 33.8 Å².